The van der Waals surface area contributed by atoms with Crippen molar-refractivity contribution in [2.24, 2.45) is 0 Å². The fourth-order valence-corrected chi connectivity index (χ4v) is 4.48. The zero-order chi connectivity index (χ0) is 21.9. The van der Waals surface area contributed by atoms with Crippen LogP contribution in [-0.4, -0.2) is 73.1 Å². The molecule has 2 aliphatic rings. The number of hydrogen-bond acceptors (Lipinski definition) is 7. The highest BCUT2D eigenvalue weighted by molar-refractivity contribution is 5.83. The van der Waals surface area contributed by atoms with Crippen LogP contribution in [0.4, 0.5) is 0 Å². The molecule has 3 aromatic rings. The molecule has 1 atom stereocenters. The van der Waals surface area contributed by atoms with Gasteiger partial charge in [0.2, 0.25) is 6.79 Å². The van der Waals surface area contributed by atoms with Gasteiger partial charge in [-0.05, 0) is 41.8 Å². The smallest absolute Gasteiger partial charge is 0.231 e. The molecular weight excluding hydrogens is 406 g/mol. The normalized spacial score (nSPS) is 17.6. The van der Waals surface area contributed by atoms with Crippen LogP contribution in [0.25, 0.3) is 10.9 Å². The van der Waals surface area contributed by atoms with E-state index in [4.69, 9.17) is 14.2 Å². The molecular formula is C25H29N3O4. The van der Waals surface area contributed by atoms with Crippen molar-refractivity contribution in [1.82, 2.24) is 14.8 Å². The second-order valence-corrected chi connectivity index (χ2v) is 8.38. The third-order valence-corrected chi connectivity index (χ3v) is 6.38. The third kappa shape index (κ3) is 4.50. The van der Waals surface area contributed by atoms with E-state index in [1.165, 1.54) is 5.56 Å². The van der Waals surface area contributed by atoms with E-state index in [-0.39, 0.29) is 0 Å². The van der Waals surface area contributed by atoms with Gasteiger partial charge in [-0.15, -0.1) is 0 Å². The fraction of sp³-hybridized carbons (Fsp3) is 0.400. The van der Waals surface area contributed by atoms with Crippen molar-refractivity contribution in [2.75, 3.05) is 53.2 Å². The largest absolute Gasteiger partial charge is 0.495 e. The van der Waals surface area contributed by atoms with Crippen LogP contribution in [0.15, 0.2) is 48.7 Å². The van der Waals surface area contributed by atoms with Gasteiger partial charge in [0.25, 0.3) is 0 Å². The minimum absolute atomic E-state index is 0.315. The van der Waals surface area contributed by atoms with Crippen molar-refractivity contribution in [3.8, 4) is 17.2 Å². The molecule has 3 heterocycles. The minimum atomic E-state index is -0.562. The van der Waals surface area contributed by atoms with E-state index in [0.29, 0.717) is 19.1 Å². The van der Waals surface area contributed by atoms with Gasteiger partial charge in [-0.3, -0.25) is 9.88 Å². The highest BCUT2D eigenvalue weighted by Gasteiger charge is 2.21. The van der Waals surface area contributed by atoms with Crippen LogP contribution in [0.1, 0.15) is 17.2 Å². The monoisotopic (exact) mass is 435 g/mol. The molecule has 0 aliphatic carbocycles. The molecule has 5 rings (SSSR count). The van der Waals surface area contributed by atoms with Crippen LogP contribution in [0, 0.1) is 0 Å². The quantitative estimate of drug-likeness (QED) is 0.612. The molecule has 1 saturated heterocycles. The zero-order valence-electron chi connectivity index (χ0n) is 18.4. The first-order valence-electron chi connectivity index (χ1n) is 11.1. The van der Waals surface area contributed by atoms with E-state index in [1.807, 2.05) is 30.3 Å². The average Bonchev–Trinajstić information content (AvgIpc) is 3.31. The number of fused-ring (bicyclic) bond motifs is 2. The van der Waals surface area contributed by atoms with E-state index in [1.54, 1.807) is 13.3 Å². The van der Waals surface area contributed by atoms with Crippen LogP contribution < -0.4 is 14.2 Å². The zero-order valence-corrected chi connectivity index (χ0v) is 18.4. The highest BCUT2D eigenvalue weighted by Crippen LogP contribution is 2.32. The number of ether oxygens (including phenoxy) is 3. The van der Waals surface area contributed by atoms with Crippen molar-refractivity contribution < 1.29 is 19.3 Å². The molecule has 2 aliphatic heterocycles. The number of piperazine rings is 1. The molecule has 7 heteroatoms. The molecule has 0 amide bonds. The number of benzene rings is 2. The van der Waals surface area contributed by atoms with E-state index in [9.17, 15) is 5.11 Å². The Kier molecular flexibility index (Phi) is 6.12. The lowest BCUT2D eigenvalue weighted by atomic mass is 10.0. The topological polar surface area (TPSA) is 67.3 Å². The Bertz CT molecular complexity index is 1080. The summed E-state index contributed by atoms with van der Waals surface area (Å²) in [7, 11) is 1.63. The van der Waals surface area contributed by atoms with Crippen LogP contribution in [0.5, 0.6) is 17.2 Å². The summed E-state index contributed by atoms with van der Waals surface area (Å²) >= 11 is 0. The predicted molar refractivity (Wildman–Crippen MR) is 122 cm³/mol. The summed E-state index contributed by atoms with van der Waals surface area (Å²) in [5, 5.41) is 11.9. The number of aliphatic hydroxyl groups is 1. The Morgan fingerprint density at radius 2 is 1.84 bits per heavy atom. The Morgan fingerprint density at radius 3 is 2.69 bits per heavy atom. The molecule has 32 heavy (non-hydrogen) atoms. The second kappa shape index (κ2) is 9.32. The van der Waals surface area contributed by atoms with Crippen molar-refractivity contribution >= 4 is 10.9 Å². The van der Waals surface area contributed by atoms with Gasteiger partial charge in [0.05, 0.1) is 24.9 Å². The molecule has 2 aromatic carbocycles. The van der Waals surface area contributed by atoms with Gasteiger partial charge >= 0.3 is 0 Å². The summed E-state index contributed by atoms with van der Waals surface area (Å²) in [4.78, 5) is 9.27. The second-order valence-electron chi connectivity index (χ2n) is 8.38. The number of aliphatic hydroxyl groups excluding tert-OH is 1. The molecule has 1 fully saturated rings. The molecule has 0 saturated carbocycles. The van der Waals surface area contributed by atoms with Crippen LogP contribution in [-0.2, 0) is 6.42 Å². The lowest BCUT2D eigenvalue weighted by molar-refractivity contribution is 0.0736. The molecule has 1 N–H and O–H groups in total. The summed E-state index contributed by atoms with van der Waals surface area (Å²) < 4.78 is 16.2. The average molecular weight is 436 g/mol. The maximum atomic E-state index is 11.0. The number of aromatic nitrogens is 1. The van der Waals surface area contributed by atoms with Crippen LogP contribution >= 0.6 is 0 Å². The molecule has 0 spiro atoms. The van der Waals surface area contributed by atoms with Crippen LogP contribution in [0.2, 0.25) is 0 Å². The molecule has 1 unspecified atom stereocenters. The van der Waals surface area contributed by atoms with Crippen molar-refractivity contribution in [3.63, 3.8) is 0 Å². The Balaban J connectivity index is 1.14. The summed E-state index contributed by atoms with van der Waals surface area (Å²) in [5.41, 5.74) is 3.04. The van der Waals surface area contributed by atoms with Crippen molar-refractivity contribution in [3.05, 3.63) is 59.8 Å². The summed E-state index contributed by atoms with van der Waals surface area (Å²) in [5.74, 6) is 2.39. The van der Waals surface area contributed by atoms with Gasteiger partial charge in [0, 0.05) is 44.7 Å². The summed E-state index contributed by atoms with van der Waals surface area (Å²) in [6.45, 7) is 5.85. The van der Waals surface area contributed by atoms with Gasteiger partial charge < -0.3 is 24.2 Å². The van der Waals surface area contributed by atoms with E-state index in [2.05, 4.69) is 26.9 Å². The Labute approximate surface area is 188 Å². The first-order valence-corrected chi connectivity index (χ1v) is 11.1. The lowest BCUT2D eigenvalue weighted by Crippen LogP contribution is -2.47. The predicted octanol–water partition coefficient (Wildman–Crippen LogP) is 2.87. The first kappa shape index (κ1) is 21.0. The fourth-order valence-electron chi connectivity index (χ4n) is 4.48. The van der Waals surface area contributed by atoms with Gasteiger partial charge in [-0.25, -0.2) is 0 Å². The van der Waals surface area contributed by atoms with E-state index in [0.717, 1.165) is 67.1 Å². The third-order valence-electron chi connectivity index (χ3n) is 6.38. The number of nitrogens with zero attached hydrogens (tertiary/aromatic N) is 3. The molecule has 1 aromatic heterocycles. The Hall–Kier alpha value is -2.87. The number of methoxy groups -OCH3 is 1. The standard InChI is InChI=1S/C25H29N3O4/c1-30-19-14-21-20(3-2-4-22(21)26-15-19)23(29)16-28-11-9-27(10-12-28)8-7-18-5-6-24-25(13-18)32-17-31-24/h2-6,13-15,23,29H,7-12,16-17H2,1H3. The lowest BCUT2D eigenvalue weighted by Gasteiger charge is -2.35. The van der Waals surface area contributed by atoms with Gasteiger partial charge in [0.15, 0.2) is 11.5 Å². The van der Waals surface area contributed by atoms with Gasteiger partial charge in [0.1, 0.15) is 5.75 Å². The SMILES string of the molecule is COc1cnc2cccc(C(O)CN3CCN(CCc4ccc5c(c4)OCO5)CC3)c2c1. The maximum Gasteiger partial charge on any atom is 0.231 e. The number of β-amino-alcohol motifs (C(OH)–C–C–N with tert-alkyl or cyclic N) is 1. The highest BCUT2D eigenvalue weighted by atomic mass is 16.7. The number of rotatable bonds is 7. The van der Waals surface area contributed by atoms with Crippen molar-refractivity contribution in [1.29, 1.82) is 0 Å². The first-order chi connectivity index (χ1) is 15.7. The molecule has 0 radical (unpaired) electrons. The van der Waals surface area contributed by atoms with Crippen LogP contribution in [0.3, 0.4) is 0 Å². The molecule has 168 valence electrons. The van der Waals surface area contributed by atoms with E-state index >= 15 is 0 Å². The van der Waals surface area contributed by atoms with Crippen molar-refractivity contribution in [2.45, 2.75) is 12.5 Å². The van der Waals surface area contributed by atoms with Gasteiger partial charge in [-0.1, -0.05) is 18.2 Å². The Morgan fingerprint density at radius 1 is 1.03 bits per heavy atom. The van der Waals surface area contributed by atoms with E-state index < -0.39 is 6.10 Å². The minimum Gasteiger partial charge on any atom is -0.495 e. The maximum absolute atomic E-state index is 11.0. The molecule has 0 bridgehead atoms. The van der Waals surface area contributed by atoms with Gasteiger partial charge in [-0.2, -0.15) is 0 Å². The summed E-state index contributed by atoms with van der Waals surface area (Å²) in [6.07, 6.45) is 2.14. The number of pyridine rings is 1. The summed E-state index contributed by atoms with van der Waals surface area (Å²) in [6, 6.07) is 14.1. The molecule has 7 nitrogen and oxygen atoms in total. The number of hydrogen-bond donors (Lipinski definition) is 1.